The molecule has 1 N–H and O–H groups in total. The van der Waals surface area contributed by atoms with Gasteiger partial charge in [0.15, 0.2) is 0 Å². The van der Waals surface area contributed by atoms with Gasteiger partial charge in [0, 0.05) is 23.1 Å². The smallest absolute Gasteiger partial charge is 0.258 e. The van der Waals surface area contributed by atoms with Crippen LogP contribution in [0.25, 0.3) is 0 Å². The topological polar surface area (TPSA) is 42.0 Å². The van der Waals surface area contributed by atoms with Gasteiger partial charge in [0.25, 0.3) is 5.91 Å². The number of nitrogens with zero attached hydrogens (tertiary/aromatic N) is 1. The molecule has 0 fully saturated rings. The number of pyridine rings is 1. The molecule has 18 heavy (non-hydrogen) atoms. The molecule has 1 heterocycles. The summed E-state index contributed by atoms with van der Waals surface area (Å²) in [7, 11) is 0. The molecule has 0 unspecified atom stereocenters. The molecule has 2 aromatic rings. The first-order valence-electron chi connectivity index (χ1n) is 4.93. The zero-order valence-electron chi connectivity index (χ0n) is 8.95. The van der Waals surface area contributed by atoms with E-state index >= 15 is 0 Å². The van der Waals surface area contributed by atoms with Crippen LogP contribution in [-0.4, -0.2) is 10.9 Å². The van der Waals surface area contributed by atoms with Gasteiger partial charge in [-0.3, -0.25) is 9.78 Å². The van der Waals surface area contributed by atoms with Crippen LogP contribution < -0.4 is 5.32 Å². The highest BCUT2D eigenvalue weighted by molar-refractivity contribution is 6.34. The van der Waals surface area contributed by atoms with Gasteiger partial charge >= 0.3 is 0 Å². The molecule has 0 radical (unpaired) electrons. The zero-order valence-corrected chi connectivity index (χ0v) is 10.5. The van der Waals surface area contributed by atoms with Crippen molar-refractivity contribution >= 4 is 34.8 Å². The minimum absolute atomic E-state index is 0.197. The molecule has 0 atom stereocenters. The summed E-state index contributed by atoms with van der Waals surface area (Å²) in [4.78, 5) is 15.7. The van der Waals surface area contributed by atoms with Gasteiger partial charge in [-0.25, -0.2) is 4.39 Å². The summed E-state index contributed by atoms with van der Waals surface area (Å²) in [6.45, 7) is 0. The van der Waals surface area contributed by atoms with Gasteiger partial charge in [-0.05, 0) is 24.3 Å². The second-order valence-electron chi connectivity index (χ2n) is 3.47. The van der Waals surface area contributed by atoms with E-state index in [1.54, 1.807) is 0 Å². The predicted octanol–water partition coefficient (Wildman–Crippen LogP) is 3.78. The van der Waals surface area contributed by atoms with Crippen LogP contribution >= 0.6 is 23.2 Å². The van der Waals surface area contributed by atoms with Crippen LogP contribution in [0.3, 0.4) is 0 Å². The van der Waals surface area contributed by atoms with Crippen molar-refractivity contribution in [2.75, 3.05) is 5.32 Å². The van der Waals surface area contributed by atoms with Crippen molar-refractivity contribution in [1.82, 2.24) is 4.98 Å². The lowest BCUT2D eigenvalue weighted by Gasteiger charge is -2.06. The number of anilines is 1. The SMILES string of the molecule is O=C(Nc1cc(F)cc(Cl)c1)c1cnccc1Cl. The zero-order chi connectivity index (χ0) is 13.1. The molecule has 3 nitrogen and oxygen atoms in total. The van der Waals surface area contributed by atoms with Gasteiger partial charge in [0.05, 0.1) is 10.6 Å². The minimum Gasteiger partial charge on any atom is -0.322 e. The van der Waals surface area contributed by atoms with E-state index in [0.717, 1.165) is 12.1 Å². The van der Waals surface area contributed by atoms with E-state index in [1.807, 2.05) is 0 Å². The molecule has 0 saturated carbocycles. The van der Waals surface area contributed by atoms with Gasteiger partial charge in [0.1, 0.15) is 5.82 Å². The maximum absolute atomic E-state index is 13.1. The van der Waals surface area contributed by atoms with Gasteiger partial charge in [-0.1, -0.05) is 23.2 Å². The third-order valence-corrected chi connectivity index (χ3v) is 2.68. The Morgan fingerprint density at radius 2 is 2.06 bits per heavy atom. The molecule has 92 valence electrons. The summed E-state index contributed by atoms with van der Waals surface area (Å²) in [5.74, 6) is -1.01. The summed E-state index contributed by atoms with van der Waals surface area (Å²) >= 11 is 11.5. The average molecular weight is 285 g/mol. The molecule has 1 amide bonds. The van der Waals surface area contributed by atoms with Crippen molar-refractivity contribution in [2.45, 2.75) is 0 Å². The van der Waals surface area contributed by atoms with E-state index in [-0.39, 0.29) is 21.3 Å². The molecule has 0 aliphatic heterocycles. The first kappa shape index (κ1) is 12.8. The number of carbonyl (C=O) groups is 1. The summed E-state index contributed by atoms with van der Waals surface area (Å²) in [6.07, 6.45) is 2.80. The van der Waals surface area contributed by atoms with Gasteiger partial charge in [0.2, 0.25) is 0 Å². The molecular formula is C12H7Cl2FN2O. The second kappa shape index (κ2) is 5.33. The number of amides is 1. The third-order valence-electron chi connectivity index (χ3n) is 2.13. The van der Waals surface area contributed by atoms with Crippen molar-refractivity contribution in [1.29, 1.82) is 0 Å². The lowest BCUT2D eigenvalue weighted by molar-refractivity contribution is 0.102. The summed E-state index contributed by atoms with van der Waals surface area (Å²) < 4.78 is 13.1. The minimum atomic E-state index is -0.532. The van der Waals surface area contributed by atoms with Crippen molar-refractivity contribution in [3.05, 3.63) is 58.1 Å². The number of halogens is 3. The first-order chi connectivity index (χ1) is 8.56. The molecule has 0 aliphatic rings. The molecule has 2 rings (SSSR count). The molecule has 6 heteroatoms. The van der Waals surface area contributed by atoms with E-state index in [4.69, 9.17) is 23.2 Å². The lowest BCUT2D eigenvalue weighted by atomic mass is 10.2. The summed E-state index contributed by atoms with van der Waals surface area (Å²) in [5, 5.41) is 2.96. The molecule has 0 spiro atoms. The Morgan fingerprint density at radius 3 is 2.72 bits per heavy atom. The fourth-order valence-electron chi connectivity index (χ4n) is 1.37. The molecule has 0 saturated heterocycles. The Morgan fingerprint density at radius 1 is 1.28 bits per heavy atom. The largest absolute Gasteiger partial charge is 0.322 e. The van der Waals surface area contributed by atoms with Crippen LogP contribution in [0, 0.1) is 5.82 Å². The number of carbonyl (C=O) groups excluding carboxylic acids is 1. The van der Waals surface area contributed by atoms with Crippen LogP contribution in [0.1, 0.15) is 10.4 Å². The highest BCUT2D eigenvalue weighted by atomic mass is 35.5. The fraction of sp³-hybridized carbons (Fsp3) is 0. The molecule has 0 aliphatic carbocycles. The van der Waals surface area contributed by atoms with Gasteiger partial charge in [-0.15, -0.1) is 0 Å². The summed E-state index contributed by atoms with van der Waals surface area (Å²) in [6, 6.07) is 5.24. The number of aromatic nitrogens is 1. The van der Waals surface area contributed by atoms with Crippen LogP contribution in [0.15, 0.2) is 36.7 Å². The molecule has 1 aromatic carbocycles. The van der Waals surface area contributed by atoms with Crippen molar-refractivity contribution in [3.63, 3.8) is 0 Å². The summed E-state index contributed by atoms with van der Waals surface area (Å²) in [5.41, 5.74) is 0.462. The van der Waals surface area contributed by atoms with E-state index in [0.29, 0.717) is 0 Å². The number of benzene rings is 1. The number of rotatable bonds is 2. The lowest BCUT2D eigenvalue weighted by Crippen LogP contribution is -2.12. The van der Waals surface area contributed by atoms with Crippen LogP contribution in [-0.2, 0) is 0 Å². The highest BCUT2D eigenvalue weighted by Gasteiger charge is 2.11. The maximum atomic E-state index is 13.1. The van der Waals surface area contributed by atoms with E-state index < -0.39 is 11.7 Å². The Bertz CT molecular complexity index is 584. The van der Waals surface area contributed by atoms with Crippen molar-refractivity contribution in [3.8, 4) is 0 Å². The number of nitrogens with one attached hydrogen (secondary N) is 1. The Kier molecular flexibility index (Phi) is 3.79. The standard InChI is InChI=1S/C12H7Cl2FN2O/c13-7-3-8(15)5-9(4-7)17-12(18)10-6-16-2-1-11(10)14/h1-6H,(H,17,18). The maximum Gasteiger partial charge on any atom is 0.258 e. The Hall–Kier alpha value is -1.65. The predicted molar refractivity (Wildman–Crippen MR) is 68.6 cm³/mol. The molecular weight excluding hydrogens is 278 g/mol. The van der Waals surface area contributed by atoms with E-state index in [1.165, 1.54) is 24.5 Å². The van der Waals surface area contributed by atoms with Crippen molar-refractivity contribution in [2.24, 2.45) is 0 Å². The molecule has 1 aromatic heterocycles. The van der Waals surface area contributed by atoms with Crippen LogP contribution in [0.5, 0.6) is 0 Å². The first-order valence-corrected chi connectivity index (χ1v) is 5.69. The highest BCUT2D eigenvalue weighted by Crippen LogP contribution is 2.20. The Balaban J connectivity index is 2.24. The quantitative estimate of drug-likeness (QED) is 0.912. The normalized spacial score (nSPS) is 10.2. The average Bonchev–Trinajstić information content (AvgIpc) is 2.27. The van der Waals surface area contributed by atoms with Gasteiger partial charge < -0.3 is 5.32 Å². The fourth-order valence-corrected chi connectivity index (χ4v) is 1.78. The van der Waals surface area contributed by atoms with E-state index in [2.05, 4.69) is 10.3 Å². The third kappa shape index (κ3) is 2.97. The molecule has 0 bridgehead atoms. The van der Waals surface area contributed by atoms with E-state index in [9.17, 15) is 9.18 Å². The van der Waals surface area contributed by atoms with Crippen LogP contribution in [0.2, 0.25) is 10.0 Å². The van der Waals surface area contributed by atoms with Crippen LogP contribution in [0.4, 0.5) is 10.1 Å². The number of hydrogen-bond donors (Lipinski definition) is 1. The second-order valence-corrected chi connectivity index (χ2v) is 4.31. The van der Waals surface area contributed by atoms with Crippen molar-refractivity contribution < 1.29 is 9.18 Å². The monoisotopic (exact) mass is 284 g/mol. The Labute approximate surface area is 113 Å². The van der Waals surface area contributed by atoms with Gasteiger partial charge in [-0.2, -0.15) is 0 Å². The number of hydrogen-bond acceptors (Lipinski definition) is 2.